The van der Waals surface area contributed by atoms with Crippen LogP contribution in [0.15, 0.2) is 35.4 Å². The van der Waals surface area contributed by atoms with E-state index in [1.54, 1.807) is 11.0 Å². The largest absolute Gasteiger partial charge is 0.493 e. The minimum absolute atomic E-state index is 0.0596. The predicted octanol–water partition coefficient (Wildman–Crippen LogP) is 2.00. The van der Waals surface area contributed by atoms with Crippen molar-refractivity contribution < 1.29 is 38.8 Å². The zero-order chi connectivity index (χ0) is 27.8. The molecule has 3 rings (SSSR count). The van der Waals surface area contributed by atoms with Gasteiger partial charge in [-0.15, -0.1) is 0 Å². The van der Waals surface area contributed by atoms with Gasteiger partial charge in [-0.05, 0) is 67.5 Å². The van der Waals surface area contributed by atoms with E-state index in [2.05, 4.69) is 5.32 Å². The van der Waals surface area contributed by atoms with E-state index in [9.17, 15) is 24.6 Å². The van der Waals surface area contributed by atoms with Crippen LogP contribution in [0.4, 0.5) is 0 Å². The van der Waals surface area contributed by atoms with Gasteiger partial charge in [0.2, 0.25) is 11.8 Å². The fraction of sp³-hybridized carbons (Fsp3) is 0.519. The molecule has 1 fully saturated rings. The molecule has 10 nitrogen and oxygen atoms in total. The monoisotopic (exact) mass is 642 g/mol. The third-order valence-corrected chi connectivity index (χ3v) is 7.18. The quantitative estimate of drug-likeness (QED) is 0.190. The Labute approximate surface area is 236 Å². The Morgan fingerprint density at radius 1 is 1.32 bits per heavy atom. The summed E-state index contributed by atoms with van der Waals surface area (Å²) in [6, 6.07) is 2.36. The van der Waals surface area contributed by atoms with Crippen molar-refractivity contribution in [3.05, 3.63) is 44.6 Å². The molecule has 0 unspecified atom stereocenters. The molecule has 1 aromatic carbocycles. The van der Waals surface area contributed by atoms with Gasteiger partial charge < -0.3 is 34.6 Å². The number of rotatable bonds is 11. The minimum atomic E-state index is -1.19. The van der Waals surface area contributed by atoms with Gasteiger partial charge in [0.1, 0.15) is 18.5 Å². The van der Waals surface area contributed by atoms with Crippen LogP contribution in [-0.2, 0) is 14.3 Å². The maximum atomic E-state index is 13.4. The lowest BCUT2D eigenvalue weighted by Crippen LogP contribution is -2.56. The number of nitrogens with one attached hydrogen (secondary N) is 1. The molecule has 38 heavy (non-hydrogen) atoms. The van der Waals surface area contributed by atoms with Gasteiger partial charge in [0.25, 0.3) is 0 Å². The molecule has 1 aliphatic carbocycles. The lowest BCUT2D eigenvalue weighted by Gasteiger charge is -2.41. The van der Waals surface area contributed by atoms with Crippen LogP contribution in [0.3, 0.4) is 0 Å². The van der Waals surface area contributed by atoms with Crippen LogP contribution in [0.2, 0.25) is 0 Å². The van der Waals surface area contributed by atoms with Gasteiger partial charge in [-0.2, -0.15) is 0 Å². The standard InChI is InChI=1S/C27H35IN2O8/c1-16(2)9-24(33)30(14-19-5-4-8-37-19)21-12-18(27(35)29-6-7-31)13-22(25(21)34)38-26-20(28)10-17(15-32)11-23(26)36-3/h9-11,13,15,19,21-22,25,31,34H,4-8,12,14H2,1-3H3,(H,29,35)/t19-,21-,22+,25+/m1/s1. The number of carbonyl (C=O) groups is 3. The lowest BCUT2D eigenvalue weighted by molar-refractivity contribution is -0.135. The van der Waals surface area contributed by atoms with Crippen molar-refractivity contribution in [2.45, 2.75) is 57.5 Å². The molecular weight excluding hydrogens is 607 g/mol. The normalized spacial score (nSPS) is 22.7. The van der Waals surface area contributed by atoms with Gasteiger partial charge in [-0.3, -0.25) is 14.4 Å². The molecule has 3 N–H and O–H groups in total. The first-order valence-corrected chi connectivity index (χ1v) is 13.6. The summed E-state index contributed by atoms with van der Waals surface area (Å²) in [5, 5.41) is 23.4. The molecule has 1 aromatic rings. The molecule has 2 amide bonds. The van der Waals surface area contributed by atoms with E-state index in [0.717, 1.165) is 18.4 Å². The van der Waals surface area contributed by atoms with Crippen molar-refractivity contribution in [1.29, 1.82) is 0 Å². The molecule has 0 aromatic heterocycles. The van der Waals surface area contributed by atoms with Crippen molar-refractivity contribution in [3.8, 4) is 11.5 Å². The second kappa shape index (κ2) is 14.1. The summed E-state index contributed by atoms with van der Waals surface area (Å²) in [4.78, 5) is 39.2. The van der Waals surface area contributed by atoms with Crippen LogP contribution >= 0.6 is 22.6 Å². The van der Waals surface area contributed by atoms with E-state index < -0.39 is 24.2 Å². The highest BCUT2D eigenvalue weighted by atomic mass is 127. The fourth-order valence-corrected chi connectivity index (χ4v) is 5.32. The Morgan fingerprint density at radius 3 is 2.68 bits per heavy atom. The molecule has 11 heteroatoms. The molecule has 1 heterocycles. The van der Waals surface area contributed by atoms with Crippen molar-refractivity contribution in [2.75, 3.05) is 33.4 Å². The fourth-order valence-electron chi connectivity index (χ4n) is 4.56. The topological polar surface area (TPSA) is 135 Å². The van der Waals surface area contributed by atoms with Crippen molar-refractivity contribution in [2.24, 2.45) is 0 Å². The zero-order valence-corrected chi connectivity index (χ0v) is 24.0. The maximum absolute atomic E-state index is 13.4. The first-order chi connectivity index (χ1) is 18.2. The molecule has 0 bridgehead atoms. The Morgan fingerprint density at radius 2 is 2.08 bits per heavy atom. The number of amides is 2. The SMILES string of the molecule is COc1cc(C=O)cc(I)c1O[C@H]1C=C(C(=O)NCCO)C[C@@H](N(C[C@H]2CCCO2)C(=O)C=C(C)C)[C@@H]1O. The van der Waals surface area contributed by atoms with Gasteiger partial charge in [0.05, 0.1) is 29.4 Å². The summed E-state index contributed by atoms with van der Waals surface area (Å²) in [7, 11) is 1.44. The number of aliphatic hydroxyl groups is 2. The van der Waals surface area contributed by atoms with E-state index in [0.29, 0.717) is 39.1 Å². The third-order valence-electron chi connectivity index (χ3n) is 6.38. The lowest BCUT2D eigenvalue weighted by atomic mass is 9.87. The average Bonchev–Trinajstić information content (AvgIpc) is 3.40. The number of aliphatic hydroxyl groups excluding tert-OH is 2. The Balaban J connectivity index is 2.02. The van der Waals surface area contributed by atoms with Crippen LogP contribution in [0.25, 0.3) is 0 Å². The van der Waals surface area contributed by atoms with Crippen molar-refractivity contribution in [3.63, 3.8) is 0 Å². The van der Waals surface area contributed by atoms with E-state index in [-0.39, 0.29) is 38.1 Å². The summed E-state index contributed by atoms with van der Waals surface area (Å²) < 4.78 is 18.0. The number of hydrogen-bond donors (Lipinski definition) is 3. The molecule has 1 aliphatic heterocycles. The molecule has 0 spiro atoms. The maximum Gasteiger partial charge on any atom is 0.247 e. The second-order valence-electron chi connectivity index (χ2n) is 9.52. The van der Waals surface area contributed by atoms with Gasteiger partial charge >= 0.3 is 0 Å². The highest BCUT2D eigenvalue weighted by Crippen LogP contribution is 2.37. The molecule has 1 saturated heterocycles. The van der Waals surface area contributed by atoms with E-state index in [4.69, 9.17) is 14.2 Å². The first-order valence-electron chi connectivity index (χ1n) is 12.5. The van der Waals surface area contributed by atoms with E-state index in [1.165, 1.54) is 25.3 Å². The summed E-state index contributed by atoms with van der Waals surface area (Å²) >= 11 is 2.01. The van der Waals surface area contributed by atoms with Gasteiger partial charge in [0, 0.05) is 43.3 Å². The summed E-state index contributed by atoms with van der Waals surface area (Å²) in [5.41, 5.74) is 1.52. The highest BCUT2D eigenvalue weighted by Gasteiger charge is 2.41. The number of carbonyl (C=O) groups excluding carboxylic acids is 3. The van der Waals surface area contributed by atoms with E-state index >= 15 is 0 Å². The number of halogens is 1. The first kappa shape index (κ1) is 30.1. The van der Waals surface area contributed by atoms with Crippen LogP contribution < -0.4 is 14.8 Å². The summed E-state index contributed by atoms with van der Waals surface area (Å²) in [5.74, 6) is -0.113. The minimum Gasteiger partial charge on any atom is -0.493 e. The number of hydrogen-bond acceptors (Lipinski definition) is 8. The number of aldehydes is 1. The summed E-state index contributed by atoms with van der Waals surface area (Å²) in [6.45, 7) is 4.33. The molecular formula is C27H35IN2O8. The molecule has 0 radical (unpaired) electrons. The number of allylic oxidation sites excluding steroid dienone is 1. The number of benzene rings is 1. The number of ether oxygens (including phenoxy) is 3. The Bertz CT molecular complexity index is 1080. The zero-order valence-electron chi connectivity index (χ0n) is 21.8. The van der Waals surface area contributed by atoms with Gasteiger partial charge in [-0.1, -0.05) is 5.57 Å². The van der Waals surface area contributed by atoms with Gasteiger partial charge in [0.15, 0.2) is 11.5 Å². The molecule has 208 valence electrons. The van der Waals surface area contributed by atoms with Crippen LogP contribution in [-0.4, -0.2) is 91.0 Å². The highest BCUT2D eigenvalue weighted by molar-refractivity contribution is 14.1. The molecule has 2 aliphatic rings. The van der Waals surface area contributed by atoms with Crippen LogP contribution in [0, 0.1) is 3.57 Å². The Kier molecular flexibility index (Phi) is 11.1. The van der Waals surface area contributed by atoms with Gasteiger partial charge in [-0.25, -0.2) is 0 Å². The summed E-state index contributed by atoms with van der Waals surface area (Å²) in [6.07, 6.45) is 3.12. The van der Waals surface area contributed by atoms with E-state index in [1.807, 2.05) is 36.4 Å². The smallest absolute Gasteiger partial charge is 0.247 e. The number of methoxy groups -OCH3 is 1. The number of nitrogens with zero attached hydrogens (tertiary/aromatic N) is 1. The predicted molar refractivity (Wildman–Crippen MR) is 148 cm³/mol. The Hall–Kier alpha value is -2.48. The second-order valence-corrected chi connectivity index (χ2v) is 10.7. The third kappa shape index (κ3) is 7.55. The van der Waals surface area contributed by atoms with Crippen LogP contribution in [0.5, 0.6) is 11.5 Å². The molecule has 0 saturated carbocycles. The molecule has 4 atom stereocenters. The average molecular weight is 642 g/mol. The van der Waals surface area contributed by atoms with Crippen molar-refractivity contribution >= 4 is 40.7 Å². The van der Waals surface area contributed by atoms with Crippen LogP contribution in [0.1, 0.15) is 43.5 Å². The van der Waals surface area contributed by atoms with Crippen molar-refractivity contribution in [1.82, 2.24) is 10.2 Å².